The number of hydrogen-bond acceptors (Lipinski definition) is 3. The number of carbonyl (C=O) groups excluding carboxylic acids is 1. The molecule has 0 bridgehead atoms. The van der Waals surface area contributed by atoms with Gasteiger partial charge < -0.3 is 10.0 Å². The Hall–Kier alpha value is -0.610. The van der Waals surface area contributed by atoms with Crippen molar-refractivity contribution in [2.45, 2.75) is 57.5 Å². The number of piperidine rings is 2. The van der Waals surface area contributed by atoms with Crippen LogP contribution in [0.5, 0.6) is 0 Å². The summed E-state index contributed by atoms with van der Waals surface area (Å²) in [5, 5.41) is 10.7. The molecule has 2 unspecified atom stereocenters. The Morgan fingerprint density at radius 1 is 1.14 bits per heavy atom. The molecule has 0 spiro atoms. The van der Waals surface area contributed by atoms with Crippen molar-refractivity contribution < 1.29 is 9.90 Å². The second-order valence-corrected chi connectivity index (χ2v) is 7.59. The highest BCUT2D eigenvalue weighted by Crippen LogP contribution is 2.39. The molecular weight excluding hydrogens is 264 g/mol. The Morgan fingerprint density at radius 3 is 2.67 bits per heavy atom. The molecule has 1 saturated carbocycles. The van der Waals surface area contributed by atoms with Crippen LogP contribution in [-0.4, -0.2) is 59.1 Å². The van der Waals surface area contributed by atoms with E-state index in [2.05, 4.69) is 11.8 Å². The normalized spacial score (nSPS) is 35.5. The molecule has 0 aromatic rings. The minimum Gasteiger partial charge on any atom is -0.390 e. The average Bonchev–Trinajstić information content (AvgIpc) is 2.48. The summed E-state index contributed by atoms with van der Waals surface area (Å²) < 4.78 is 0. The lowest BCUT2D eigenvalue weighted by Crippen LogP contribution is -2.55. The third-order valence-electron chi connectivity index (χ3n) is 6.01. The van der Waals surface area contributed by atoms with Crippen molar-refractivity contribution in [2.75, 3.05) is 32.7 Å². The van der Waals surface area contributed by atoms with Crippen LogP contribution in [0.3, 0.4) is 0 Å². The van der Waals surface area contributed by atoms with Crippen molar-refractivity contribution in [2.24, 2.45) is 11.8 Å². The zero-order valence-corrected chi connectivity index (χ0v) is 13.4. The van der Waals surface area contributed by atoms with Crippen LogP contribution in [0.4, 0.5) is 0 Å². The summed E-state index contributed by atoms with van der Waals surface area (Å²) in [5.41, 5.74) is -0.432. The van der Waals surface area contributed by atoms with E-state index in [4.69, 9.17) is 0 Å². The maximum absolute atomic E-state index is 12.4. The van der Waals surface area contributed by atoms with Crippen molar-refractivity contribution in [3.8, 4) is 0 Å². The SMILES string of the molecule is CC1CCN(C(=O)CN2CCC3(O)CCCCC3C2)CC1. The topological polar surface area (TPSA) is 43.8 Å². The molecule has 0 aromatic carbocycles. The van der Waals surface area contributed by atoms with Crippen molar-refractivity contribution >= 4 is 5.91 Å². The van der Waals surface area contributed by atoms with Crippen molar-refractivity contribution in [3.05, 3.63) is 0 Å². The molecule has 3 rings (SSSR count). The van der Waals surface area contributed by atoms with Gasteiger partial charge in [-0.05, 0) is 38.0 Å². The maximum atomic E-state index is 12.4. The van der Waals surface area contributed by atoms with Gasteiger partial charge in [-0.2, -0.15) is 0 Å². The van der Waals surface area contributed by atoms with E-state index < -0.39 is 5.60 Å². The second-order valence-electron chi connectivity index (χ2n) is 7.59. The van der Waals surface area contributed by atoms with E-state index in [1.165, 1.54) is 6.42 Å². The maximum Gasteiger partial charge on any atom is 0.236 e. The molecule has 0 aromatic heterocycles. The molecule has 3 aliphatic rings. The zero-order chi connectivity index (χ0) is 14.9. The summed E-state index contributed by atoms with van der Waals surface area (Å²) in [6, 6.07) is 0. The predicted octanol–water partition coefficient (Wildman–Crippen LogP) is 1.87. The first-order valence-electron chi connectivity index (χ1n) is 8.79. The van der Waals surface area contributed by atoms with E-state index in [1.807, 2.05) is 4.90 Å². The number of carbonyl (C=O) groups is 1. The Labute approximate surface area is 128 Å². The molecule has 4 nitrogen and oxygen atoms in total. The van der Waals surface area contributed by atoms with Gasteiger partial charge in [-0.3, -0.25) is 9.69 Å². The largest absolute Gasteiger partial charge is 0.390 e. The molecule has 1 aliphatic carbocycles. The minimum absolute atomic E-state index is 0.295. The minimum atomic E-state index is -0.432. The first-order valence-corrected chi connectivity index (χ1v) is 8.79. The number of likely N-dealkylation sites (tertiary alicyclic amines) is 2. The molecule has 4 heteroatoms. The molecular formula is C17H30N2O2. The Kier molecular flexibility index (Phi) is 4.55. The van der Waals surface area contributed by atoms with Crippen LogP contribution < -0.4 is 0 Å². The molecule has 120 valence electrons. The van der Waals surface area contributed by atoms with E-state index in [0.29, 0.717) is 18.4 Å². The van der Waals surface area contributed by atoms with Crippen LogP contribution in [-0.2, 0) is 4.79 Å². The number of amides is 1. The average molecular weight is 294 g/mol. The Morgan fingerprint density at radius 2 is 1.90 bits per heavy atom. The predicted molar refractivity (Wildman–Crippen MR) is 82.9 cm³/mol. The van der Waals surface area contributed by atoms with Crippen molar-refractivity contribution in [3.63, 3.8) is 0 Å². The van der Waals surface area contributed by atoms with Gasteiger partial charge in [0.05, 0.1) is 12.1 Å². The molecule has 1 amide bonds. The van der Waals surface area contributed by atoms with E-state index in [1.54, 1.807) is 0 Å². The van der Waals surface area contributed by atoms with Crippen LogP contribution >= 0.6 is 0 Å². The van der Waals surface area contributed by atoms with Gasteiger partial charge in [0.2, 0.25) is 5.91 Å². The highest BCUT2D eigenvalue weighted by atomic mass is 16.3. The van der Waals surface area contributed by atoms with Crippen LogP contribution in [0, 0.1) is 11.8 Å². The lowest BCUT2D eigenvalue weighted by atomic mass is 9.71. The fraction of sp³-hybridized carbons (Fsp3) is 0.941. The summed E-state index contributed by atoms with van der Waals surface area (Å²) in [5.74, 6) is 1.44. The summed E-state index contributed by atoms with van der Waals surface area (Å²) in [6.45, 7) is 6.48. The number of hydrogen-bond donors (Lipinski definition) is 1. The fourth-order valence-electron chi connectivity index (χ4n) is 4.33. The lowest BCUT2D eigenvalue weighted by Gasteiger charge is -2.47. The second kappa shape index (κ2) is 6.25. The van der Waals surface area contributed by atoms with Gasteiger partial charge in [0.1, 0.15) is 0 Å². The zero-order valence-electron chi connectivity index (χ0n) is 13.4. The van der Waals surface area contributed by atoms with Crippen LogP contribution in [0.2, 0.25) is 0 Å². The number of fused-ring (bicyclic) bond motifs is 1. The van der Waals surface area contributed by atoms with E-state index in [0.717, 1.165) is 70.6 Å². The summed E-state index contributed by atoms with van der Waals surface area (Å²) in [4.78, 5) is 16.8. The van der Waals surface area contributed by atoms with Gasteiger partial charge in [0.25, 0.3) is 0 Å². The van der Waals surface area contributed by atoms with Gasteiger partial charge >= 0.3 is 0 Å². The summed E-state index contributed by atoms with van der Waals surface area (Å²) >= 11 is 0. The monoisotopic (exact) mass is 294 g/mol. The van der Waals surface area contributed by atoms with Gasteiger partial charge in [-0.25, -0.2) is 0 Å². The molecule has 2 aliphatic heterocycles. The number of nitrogens with zero attached hydrogens (tertiary/aromatic N) is 2. The van der Waals surface area contributed by atoms with Gasteiger partial charge in [0, 0.05) is 32.1 Å². The third kappa shape index (κ3) is 3.42. The fourth-order valence-corrected chi connectivity index (χ4v) is 4.33. The quantitative estimate of drug-likeness (QED) is 0.845. The number of rotatable bonds is 2. The third-order valence-corrected chi connectivity index (χ3v) is 6.01. The molecule has 21 heavy (non-hydrogen) atoms. The highest BCUT2D eigenvalue weighted by molar-refractivity contribution is 5.78. The van der Waals surface area contributed by atoms with E-state index >= 15 is 0 Å². The van der Waals surface area contributed by atoms with Gasteiger partial charge in [0.15, 0.2) is 0 Å². The molecule has 2 heterocycles. The van der Waals surface area contributed by atoms with Gasteiger partial charge in [-0.1, -0.05) is 19.8 Å². The van der Waals surface area contributed by atoms with Crippen LogP contribution in [0.1, 0.15) is 51.9 Å². The summed E-state index contributed by atoms with van der Waals surface area (Å²) in [7, 11) is 0. The number of aliphatic hydroxyl groups is 1. The Balaban J connectivity index is 1.51. The lowest BCUT2D eigenvalue weighted by molar-refractivity contribution is -0.138. The van der Waals surface area contributed by atoms with Gasteiger partial charge in [-0.15, -0.1) is 0 Å². The summed E-state index contributed by atoms with van der Waals surface area (Å²) in [6.07, 6.45) is 7.63. The smallest absolute Gasteiger partial charge is 0.236 e. The van der Waals surface area contributed by atoms with Crippen molar-refractivity contribution in [1.82, 2.24) is 9.80 Å². The standard InChI is InChI=1S/C17H30N2O2/c1-14-5-9-19(10-6-14)16(20)13-18-11-8-17(21)7-3-2-4-15(17)12-18/h14-15,21H,2-13H2,1H3. The molecule has 0 radical (unpaired) electrons. The van der Waals surface area contributed by atoms with Crippen LogP contribution in [0.25, 0.3) is 0 Å². The van der Waals surface area contributed by atoms with Crippen molar-refractivity contribution in [1.29, 1.82) is 0 Å². The first-order chi connectivity index (χ1) is 10.1. The Bertz CT molecular complexity index is 379. The molecule has 2 atom stereocenters. The molecule has 3 fully saturated rings. The molecule has 1 N–H and O–H groups in total. The van der Waals surface area contributed by atoms with Crippen LogP contribution in [0.15, 0.2) is 0 Å². The van der Waals surface area contributed by atoms with E-state index in [9.17, 15) is 9.90 Å². The highest BCUT2D eigenvalue weighted by Gasteiger charge is 2.43. The first kappa shape index (κ1) is 15.3. The van der Waals surface area contributed by atoms with E-state index in [-0.39, 0.29) is 0 Å². The molecule has 2 saturated heterocycles.